The number of nitro benzene ring substituents is 1. The molecule has 0 aliphatic carbocycles. The van der Waals surface area contributed by atoms with Crippen molar-refractivity contribution >= 4 is 17.0 Å². The highest BCUT2D eigenvalue weighted by molar-refractivity contribution is 7.14. The van der Waals surface area contributed by atoms with Gasteiger partial charge in [0.25, 0.3) is 5.69 Å². The summed E-state index contributed by atoms with van der Waals surface area (Å²) in [7, 11) is 1.87. The smallest absolute Gasteiger partial charge is 0.272 e. The lowest BCUT2D eigenvalue weighted by Gasteiger charge is -1.98. The Morgan fingerprint density at radius 2 is 2.25 bits per heavy atom. The number of benzene rings is 1. The van der Waals surface area contributed by atoms with Crippen LogP contribution in [0, 0.1) is 15.9 Å². The van der Waals surface area contributed by atoms with Gasteiger partial charge >= 0.3 is 0 Å². The van der Waals surface area contributed by atoms with Crippen LogP contribution in [0.2, 0.25) is 0 Å². The van der Waals surface area contributed by atoms with Gasteiger partial charge in [-0.25, -0.2) is 4.39 Å². The van der Waals surface area contributed by atoms with Gasteiger partial charge in [-0.05, 0) is 26.1 Å². The monoisotopic (exact) mass is 296 g/mol. The molecule has 0 saturated heterocycles. The first kappa shape index (κ1) is 14.5. The maximum atomic E-state index is 13.8. The summed E-state index contributed by atoms with van der Waals surface area (Å²) >= 11 is 1.30. The van der Waals surface area contributed by atoms with Crippen molar-refractivity contribution in [3.63, 3.8) is 0 Å². The van der Waals surface area contributed by atoms with Gasteiger partial charge in [-0.15, -0.1) is 10.2 Å². The summed E-state index contributed by atoms with van der Waals surface area (Å²) in [4.78, 5) is 9.93. The number of hydrogen-bond donors (Lipinski definition) is 1. The van der Waals surface area contributed by atoms with Crippen LogP contribution in [0.5, 0.6) is 0 Å². The van der Waals surface area contributed by atoms with E-state index in [1.807, 2.05) is 7.05 Å². The third-order valence-corrected chi connectivity index (χ3v) is 3.69. The van der Waals surface area contributed by atoms with Crippen LogP contribution >= 0.6 is 11.3 Å². The van der Waals surface area contributed by atoms with Gasteiger partial charge in [-0.2, -0.15) is 0 Å². The second kappa shape index (κ2) is 6.49. The quantitative estimate of drug-likeness (QED) is 0.503. The van der Waals surface area contributed by atoms with Crippen LogP contribution in [0.4, 0.5) is 10.1 Å². The van der Waals surface area contributed by atoms with Crippen molar-refractivity contribution in [2.45, 2.75) is 12.8 Å². The average molecular weight is 296 g/mol. The van der Waals surface area contributed by atoms with Gasteiger partial charge in [0.2, 0.25) is 0 Å². The van der Waals surface area contributed by atoms with E-state index in [2.05, 4.69) is 15.5 Å². The molecule has 1 heterocycles. The summed E-state index contributed by atoms with van der Waals surface area (Å²) in [6.45, 7) is 0.876. The van der Waals surface area contributed by atoms with E-state index >= 15 is 0 Å². The Morgan fingerprint density at radius 1 is 1.45 bits per heavy atom. The number of nitro groups is 1. The van der Waals surface area contributed by atoms with Gasteiger partial charge in [0.15, 0.2) is 5.01 Å². The van der Waals surface area contributed by atoms with Crippen molar-refractivity contribution in [3.8, 4) is 10.6 Å². The molecule has 0 amide bonds. The Bertz CT molecular complexity index is 617. The molecule has 0 atom stereocenters. The highest BCUT2D eigenvalue weighted by Gasteiger charge is 2.15. The van der Waals surface area contributed by atoms with Crippen molar-refractivity contribution in [3.05, 3.63) is 39.1 Å². The van der Waals surface area contributed by atoms with Crippen molar-refractivity contribution in [1.29, 1.82) is 0 Å². The van der Waals surface area contributed by atoms with Crippen LogP contribution in [0.3, 0.4) is 0 Å². The second-order valence-corrected chi connectivity index (χ2v) is 5.19. The number of rotatable bonds is 6. The largest absolute Gasteiger partial charge is 0.320 e. The molecule has 0 radical (unpaired) electrons. The maximum absolute atomic E-state index is 13.8. The molecule has 2 aromatic rings. The third-order valence-electron chi connectivity index (χ3n) is 2.68. The first-order valence-corrected chi connectivity index (χ1v) is 6.84. The molecule has 0 bridgehead atoms. The highest BCUT2D eigenvalue weighted by Crippen LogP contribution is 2.28. The molecule has 0 saturated carbocycles. The van der Waals surface area contributed by atoms with E-state index in [-0.39, 0.29) is 11.3 Å². The van der Waals surface area contributed by atoms with Gasteiger partial charge in [0.05, 0.1) is 11.0 Å². The lowest BCUT2D eigenvalue weighted by molar-refractivity contribution is -0.385. The normalized spacial score (nSPS) is 10.7. The minimum absolute atomic E-state index is 0.243. The van der Waals surface area contributed by atoms with Gasteiger partial charge in [-0.3, -0.25) is 10.1 Å². The molecule has 20 heavy (non-hydrogen) atoms. The zero-order valence-electron chi connectivity index (χ0n) is 10.8. The van der Waals surface area contributed by atoms with Gasteiger partial charge in [0.1, 0.15) is 10.8 Å². The minimum atomic E-state index is -0.655. The van der Waals surface area contributed by atoms with E-state index in [1.165, 1.54) is 23.5 Å². The van der Waals surface area contributed by atoms with Crippen LogP contribution < -0.4 is 5.32 Å². The Balaban J connectivity index is 2.17. The first-order chi connectivity index (χ1) is 9.61. The van der Waals surface area contributed by atoms with Gasteiger partial charge in [-0.1, -0.05) is 11.3 Å². The molecule has 2 rings (SSSR count). The van der Waals surface area contributed by atoms with Crippen LogP contribution in [0.25, 0.3) is 10.6 Å². The van der Waals surface area contributed by atoms with E-state index in [4.69, 9.17) is 0 Å². The number of aryl methyl sites for hydroxylation is 1. The lowest BCUT2D eigenvalue weighted by atomic mass is 10.2. The topological polar surface area (TPSA) is 81.0 Å². The SMILES string of the molecule is CNCCCc1nnc(-c2ccc([N+](=O)[O-])cc2F)s1. The average Bonchev–Trinajstić information content (AvgIpc) is 2.87. The molecule has 0 aliphatic heterocycles. The second-order valence-electron chi connectivity index (χ2n) is 4.13. The zero-order chi connectivity index (χ0) is 14.5. The highest BCUT2D eigenvalue weighted by atomic mass is 32.1. The van der Waals surface area contributed by atoms with Crippen molar-refractivity contribution in [2.24, 2.45) is 0 Å². The van der Waals surface area contributed by atoms with Crippen LogP contribution in [0.1, 0.15) is 11.4 Å². The summed E-state index contributed by atoms with van der Waals surface area (Å²) < 4.78 is 13.8. The lowest BCUT2D eigenvalue weighted by Crippen LogP contribution is -2.08. The fourth-order valence-electron chi connectivity index (χ4n) is 1.67. The van der Waals surface area contributed by atoms with E-state index in [9.17, 15) is 14.5 Å². The summed E-state index contributed by atoms with van der Waals surface area (Å²) in [5.74, 6) is -0.655. The van der Waals surface area contributed by atoms with Gasteiger partial charge in [0, 0.05) is 18.1 Å². The number of nitrogens with one attached hydrogen (secondary N) is 1. The Hall–Kier alpha value is -1.93. The van der Waals surface area contributed by atoms with Crippen LogP contribution in [-0.4, -0.2) is 28.7 Å². The van der Waals surface area contributed by atoms with Crippen LogP contribution in [0.15, 0.2) is 18.2 Å². The summed E-state index contributed by atoms with van der Waals surface area (Å²) in [5, 5.41) is 22.8. The molecule has 0 fully saturated rings. The van der Waals surface area contributed by atoms with Crippen molar-refractivity contribution < 1.29 is 9.31 Å². The zero-order valence-corrected chi connectivity index (χ0v) is 11.6. The molecular weight excluding hydrogens is 283 g/mol. The van der Waals surface area contributed by atoms with E-state index in [0.717, 1.165) is 30.5 Å². The van der Waals surface area contributed by atoms with E-state index in [1.54, 1.807) is 0 Å². The number of halogens is 1. The molecule has 0 unspecified atom stereocenters. The summed E-state index contributed by atoms with van der Waals surface area (Å²) in [6.07, 6.45) is 1.70. The van der Waals surface area contributed by atoms with E-state index < -0.39 is 10.7 Å². The standard InChI is InChI=1S/C12H13FN4O2S/c1-14-6-2-3-11-15-16-12(20-11)9-5-4-8(17(18)19)7-10(9)13/h4-5,7,14H,2-3,6H2,1H3. The molecule has 1 N–H and O–H groups in total. The fourth-order valence-corrected chi connectivity index (χ4v) is 2.58. The molecule has 106 valence electrons. The Kier molecular flexibility index (Phi) is 4.70. The summed E-state index contributed by atoms with van der Waals surface area (Å²) in [5.41, 5.74) is -0.0297. The minimum Gasteiger partial charge on any atom is -0.320 e. The molecule has 6 nitrogen and oxygen atoms in total. The van der Waals surface area contributed by atoms with Gasteiger partial charge < -0.3 is 5.32 Å². The molecule has 8 heteroatoms. The predicted molar refractivity (Wildman–Crippen MR) is 74.2 cm³/mol. The molecule has 1 aromatic heterocycles. The number of aromatic nitrogens is 2. The third kappa shape index (κ3) is 3.34. The van der Waals surface area contributed by atoms with E-state index in [0.29, 0.717) is 5.01 Å². The predicted octanol–water partition coefficient (Wildman–Crippen LogP) is 2.40. The first-order valence-electron chi connectivity index (χ1n) is 6.03. The number of non-ortho nitro benzene ring substituents is 1. The van der Waals surface area contributed by atoms with Crippen molar-refractivity contribution in [2.75, 3.05) is 13.6 Å². The van der Waals surface area contributed by atoms with Crippen molar-refractivity contribution in [1.82, 2.24) is 15.5 Å². The molecule has 1 aromatic carbocycles. The Morgan fingerprint density at radius 3 is 2.90 bits per heavy atom. The maximum Gasteiger partial charge on any atom is 0.272 e. The molecule has 0 spiro atoms. The molecule has 0 aliphatic rings. The number of nitrogens with zero attached hydrogens (tertiary/aromatic N) is 3. The van der Waals surface area contributed by atoms with Crippen LogP contribution in [-0.2, 0) is 6.42 Å². The summed E-state index contributed by atoms with van der Waals surface area (Å²) in [6, 6.07) is 3.53. The Labute approximate surface area is 118 Å². The number of hydrogen-bond acceptors (Lipinski definition) is 6. The fraction of sp³-hybridized carbons (Fsp3) is 0.333. The molecular formula is C12H13FN4O2S.